The Morgan fingerprint density at radius 2 is 0.742 bits per heavy atom. The summed E-state index contributed by atoms with van der Waals surface area (Å²) in [6.45, 7) is 4.77. The third-order valence-corrected chi connectivity index (χ3v) is 14.1. The van der Waals surface area contributed by atoms with Gasteiger partial charge in [-0.3, -0.25) is 16.0 Å². The van der Waals surface area contributed by atoms with Crippen molar-refractivity contribution in [3.8, 4) is 33.4 Å². The van der Waals surface area contributed by atoms with Crippen LogP contribution in [0.5, 0.6) is 0 Å². The van der Waals surface area contributed by atoms with Crippen molar-refractivity contribution in [3.63, 3.8) is 0 Å². The van der Waals surface area contributed by atoms with Gasteiger partial charge in [-0.15, -0.1) is 0 Å². The van der Waals surface area contributed by atoms with Crippen LogP contribution < -0.4 is 16.0 Å². The Bertz CT molecular complexity index is 3070. The van der Waals surface area contributed by atoms with Gasteiger partial charge in [0.1, 0.15) is 0 Å². The van der Waals surface area contributed by atoms with Gasteiger partial charge < -0.3 is 0 Å². The molecule has 9 aromatic rings. The second-order valence-corrected chi connectivity index (χ2v) is 17.7. The molecule has 62 heavy (non-hydrogen) atoms. The fourth-order valence-corrected chi connectivity index (χ4v) is 11.2. The lowest BCUT2D eigenvalue weighted by atomic mass is 9.55. The van der Waals surface area contributed by atoms with E-state index < -0.39 is 5.41 Å². The fourth-order valence-electron chi connectivity index (χ4n) is 11.2. The van der Waals surface area contributed by atoms with Crippen LogP contribution in [0.4, 0.5) is 0 Å². The summed E-state index contributed by atoms with van der Waals surface area (Å²) in [5.41, 5.74) is 18.9. The first-order chi connectivity index (χ1) is 30.5. The van der Waals surface area contributed by atoms with E-state index in [2.05, 4.69) is 242 Å². The Balaban J connectivity index is 0.959. The molecule has 3 nitrogen and oxygen atoms in total. The van der Waals surface area contributed by atoms with Crippen molar-refractivity contribution in [3.05, 3.63) is 262 Å². The number of hydrogen-bond acceptors (Lipinski definition) is 3. The molecule has 12 rings (SSSR count). The third kappa shape index (κ3) is 5.56. The highest BCUT2D eigenvalue weighted by molar-refractivity contribution is 6.05. The van der Waals surface area contributed by atoms with E-state index in [0.717, 1.165) is 0 Å². The Morgan fingerprint density at radius 3 is 1.32 bits per heavy atom. The van der Waals surface area contributed by atoms with Crippen LogP contribution in [0.25, 0.3) is 44.2 Å². The Morgan fingerprint density at radius 1 is 0.306 bits per heavy atom. The smallest absolute Gasteiger partial charge is 0.0864 e. The minimum absolute atomic E-state index is 0.0277. The topological polar surface area (TPSA) is 36.1 Å². The van der Waals surface area contributed by atoms with E-state index in [0.29, 0.717) is 0 Å². The summed E-state index contributed by atoms with van der Waals surface area (Å²) in [5, 5.41) is 14.0. The summed E-state index contributed by atoms with van der Waals surface area (Å²) in [6, 6.07) is 78.7. The summed E-state index contributed by atoms with van der Waals surface area (Å²) in [6.07, 6.45) is -0.135. The largest absolute Gasteiger partial charge is 0.279 e. The van der Waals surface area contributed by atoms with Crippen LogP contribution in [0.15, 0.2) is 212 Å². The quantitative estimate of drug-likeness (QED) is 0.162. The van der Waals surface area contributed by atoms with Crippen molar-refractivity contribution in [2.75, 3.05) is 0 Å². The zero-order chi connectivity index (χ0) is 41.4. The minimum Gasteiger partial charge on any atom is -0.279 e. The Kier molecular flexibility index (Phi) is 8.55. The lowest BCUT2D eigenvalue weighted by molar-refractivity contribution is 0.203. The third-order valence-electron chi connectivity index (χ3n) is 14.1. The molecule has 0 saturated carbocycles. The molecule has 0 bridgehead atoms. The zero-order valence-corrected chi connectivity index (χ0v) is 34.9. The van der Waals surface area contributed by atoms with Crippen LogP contribution >= 0.6 is 0 Å². The molecule has 0 amide bonds. The van der Waals surface area contributed by atoms with Crippen molar-refractivity contribution in [1.29, 1.82) is 0 Å². The summed E-state index contributed by atoms with van der Waals surface area (Å²) in [5.74, 6) is 0. The highest BCUT2D eigenvalue weighted by atomic mass is 15.4. The van der Waals surface area contributed by atoms with E-state index >= 15 is 0 Å². The zero-order valence-electron chi connectivity index (χ0n) is 34.9. The number of rotatable bonds is 5. The molecule has 1 aliphatic heterocycles. The van der Waals surface area contributed by atoms with Gasteiger partial charge in [0.15, 0.2) is 0 Å². The lowest BCUT2D eigenvalue weighted by Crippen LogP contribution is -2.54. The van der Waals surface area contributed by atoms with Crippen molar-refractivity contribution in [2.45, 2.75) is 43.2 Å². The number of hydrogen-bond donors (Lipinski definition) is 3. The van der Waals surface area contributed by atoms with Crippen LogP contribution in [0.2, 0.25) is 0 Å². The van der Waals surface area contributed by atoms with Gasteiger partial charge >= 0.3 is 0 Å². The van der Waals surface area contributed by atoms with Crippen molar-refractivity contribution >= 4 is 10.8 Å². The molecule has 9 aromatic carbocycles. The Labute approximate surface area is 364 Å². The van der Waals surface area contributed by atoms with Gasteiger partial charge in [-0.05, 0) is 106 Å². The second kappa shape index (κ2) is 14.4. The molecule has 3 heteroatoms. The molecular formula is C59H47N3. The van der Waals surface area contributed by atoms with E-state index in [1.807, 2.05) is 0 Å². The number of nitrogens with one attached hydrogen (secondary N) is 3. The molecule has 0 radical (unpaired) electrons. The lowest BCUT2D eigenvalue weighted by Gasteiger charge is -2.46. The first kappa shape index (κ1) is 36.9. The van der Waals surface area contributed by atoms with Crippen molar-refractivity contribution in [2.24, 2.45) is 0 Å². The van der Waals surface area contributed by atoms with E-state index in [9.17, 15) is 0 Å². The van der Waals surface area contributed by atoms with Gasteiger partial charge in [-0.25, -0.2) is 0 Å². The maximum atomic E-state index is 3.87. The molecule has 2 unspecified atom stereocenters. The second-order valence-electron chi connectivity index (χ2n) is 17.7. The predicted octanol–water partition coefficient (Wildman–Crippen LogP) is 13.4. The molecule has 2 aliphatic carbocycles. The number of fused-ring (bicyclic) bond motifs is 10. The normalized spacial score (nSPS) is 19.0. The van der Waals surface area contributed by atoms with Gasteiger partial charge in [-0.2, -0.15) is 0 Å². The number of benzene rings is 9. The molecule has 3 N–H and O–H groups in total. The molecule has 0 aromatic heterocycles. The predicted molar refractivity (Wildman–Crippen MR) is 255 cm³/mol. The maximum Gasteiger partial charge on any atom is 0.0864 e. The van der Waals surface area contributed by atoms with Gasteiger partial charge in [0.25, 0.3) is 0 Å². The molecule has 298 valence electrons. The summed E-state index contributed by atoms with van der Waals surface area (Å²) >= 11 is 0. The molecule has 1 heterocycles. The highest BCUT2D eigenvalue weighted by Crippen LogP contribution is 2.62. The van der Waals surface area contributed by atoms with Crippen LogP contribution in [-0.2, 0) is 10.8 Å². The van der Waals surface area contributed by atoms with E-state index in [1.54, 1.807) is 0 Å². The molecule has 2 atom stereocenters. The molecule has 1 fully saturated rings. The van der Waals surface area contributed by atoms with Gasteiger partial charge in [0, 0.05) is 5.41 Å². The van der Waals surface area contributed by atoms with E-state index in [1.165, 1.54) is 94.2 Å². The van der Waals surface area contributed by atoms with Crippen molar-refractivity contribution < 1.29 is 0 Å². The van der Waals surface area contributed by atoms with Gasteiger partial charge in [-0.1, -0.05) is 214 Å². The molecule has 3 aliphatic rings. The fraction of sp³-hybridized carbons (Fsp3) is 0.119. The average molecular weight is 798 g/mol. The summed E-state index contributed by atoms with van der Waals surface area (Å²) in [7, 11) is 0. The van der Waals surface area contributed by atoms with Gasteiger partial charge in [0.05, 0.1) is 23.9 Å². The van der Waals surface area contributed by atoms with Gasteiger partial charge in [0.2, 0.25) is 0 Å². The summed E-state index contributed by atoms with van der Waals surface area (Å²) in [4.78, 5) is 0. The van der Waals surface area contributed by atoms with Crippen LogP contribution in [0.1, 0.15) is 82.4 Å². The van der Waals surface area contributed by atoms with Crippen LogP contribution in [0.3, 0.4) is 0 Å². The molecule has 1 saturated heterocycles. The standard InChI is InChI=1S/C59H47N3/c1-58(2)51-28-13-15-30-53(51)59(54-31-16-14-29-52(54)58)49-27-12-11-26-47(49)48-37-41(32-35-50(48)59)44-34-33-43(45-24-9-10-25-46(44)45)40-22-17-23-42(36-40)57-61-55(38-18-5-3-6-19-38)60-56(62-57)39-20-7-4-8-21-39/h3-37,55-57,60-62H,1-2H3. The molecule has 1 spiro atoms. The average Bonchev–Trinajstić information content (AvgIpc) is 3.63. The first-order valence-electron chi connectivity index (χ1n) is 21.9. The van der Waals surface area contributed by atoms with Crippen LogP contribution in [-0.4, -0.2) is 0 Å². The monoisotopic (exact) mass is 797 g/mol. The summed E-state index contributed by atoms with van der Waals surface area (Å²) < 4.78 is 0. The molecular weight excluding hydrogens is 751 g/mol. The Hall–Kier alpha value is -6.88. The highest BCUT2D eigenvalue weighted by Gasteiger charge is 2.53. The van der Waals surface area contributed by atoms with E-state index in [4.69, 9.17) is 0 Å². The SMILES string of the molecule is CC1(C)c2ccccc2C2(c3ccccc3-c3cc(-c4ccc(-c5cccc(C6NC(c7ccccc7)NC(c7ccccc7)N6)c5)c5ccccc45)ccc32)c2ccccc21. The van der Waals surface area contributed by atoms with Crippen LogP contribution in [0, 0.1) is 0 Å². The minimum atomic E-state index is -0.398. The van der Waals surface area contributed by atoms with Crippen molar-refractivity contribution in [1.82, 2.24) is 16.0 Å². The first-order valence-corrected chi connectivity index (χ1v) is 21.9. The van der Waals surface area contributed by atoms with E-state index in [-0.39, 0.29) is 23.9 Å². The maximum absolute atomic E-state index is 3.87.